The van der Waals surface area contributed by atoms with Crippen LogP contribution in [0.3, 0.4) is 0 Å². The average molecular weight is 1040 g/mol. The fourth-order valence-electron chi connectivity index (χ4n) is 11.5. The van der Waals surface area contributed by atoms with Crippen LogP contribution in [0.4, 0.5) is 0 Å². The summed E-state index contributed by atoms with van der Waals surface area (Å²) in [5, 5.41) is 0. The highest BCUT2D eigenvalue weighted by Gasteiger charge is 2.50. The number of carbonyl (C=O) groups excluding carboxylic acids is 3. The van der Waals surface area contributed by atoms with Crippen LogP contribution in [0.25, 0.3) is 0 Å². The lowest BCUT2D eigenvalue weighted by atomic mass is 9.50. The van der Waals surface area contributed by atoms with E-state index in [9.17, 15) is 14.4 Å². The lowest BCUT2D eigenvalue weighted by Gasteiger charge is -2.55. The standard InChI is InChI=1S/C60H113NO10.CH5N/c1-8-14-18-22-26-40-68-57(69-41-27-23-19-15-9-2)34-32-55(63)66-45-37-59(7)48-53-47-52(36-44-65-54(62)31-30-39-61(12-5)13-6)49-60(50-53,51-59)38-46-67-56(64)33-35-58(70-42-28-24-20-16-10-3)71-43-29-25-21-17-11-4;1-2/h52-53,57-58H,8-51H2,1-7H3;2H2,1H3. The molecule has 2 aliphatic rings. The number of rotatable bonds is 49. The Labute approximate surface area is 449 Å². The van der Waals surface area contributed by atoms with Crippen molar-refractivity contribution in [2.24, 2.45) is 28.4 Å². The molecule has 0 amide bonds. The topological polar surface area (TPSA) is 145 Å². The van der Waals surface area contributed by atoms with Crippen LogP contribution in [-0.4, -0.2) is 108 Å². The SMILES string of the molecule is CCCCCCCOC(CCC(=O)OCCC1(C)CC2CC(CCOC(=O)CCCN(CC)CC)CC(CCOC(=O)CCC(OCCCCCCC)OCCCCCCC)(C2)C1)OCCCCCCC.CN. The maximum atomic E-state index is 13.4. The summed E-state index contributed by atoms with van der Waals surface area (Å²) in [4.78, 5) is 41.6. The van der Waals surface area contributed by atoms with Crippen LogP contribution in [0.1, 0.15) is 267 Å². The largest absolute Gasteiger partial charge is 0.466 e. The summed E-state index contributed by atoms with van der Waals surface area (Å²) in [5.41, 5.74) is 4.49. The first-order valence-electron chi connectivity index (χ1n) is 30.8. The molecule has 12 nitrogen and oxygen atoms in total. The molecule has 2 N–H and O–H groups in total. The van der Waals surface area contributed by atoms with Crippen LogP contribution in [0.15, 0.2) is 0 Å². The molecule has 2 bridgehead atoms. The lowest BCUT2D eigenvalue weighted by Crippen LogP contribution is -2.45. The number of nitrogens with two attached hydrogens (primary N) is 1. The minimum atomic E-state index is -0.388. The molecule has 73 heavy (non-hydrogen) atoms. The van der Waals surface area contributed by atoms with Gasteiger partial charge in [-0.2, -0.15) is 0 Å². The first-order chi connectivity index (χ1) is 35.5. The van der Waals surface area contributed by atoms with Crippen LogP contribution in [0.5, 0.6) is 0 Å². The van der Waals surface area contributed by atoms with Gasteiger partial charge in [-0.05, 0) is 133 Å². The highest BCUT2D eigenvalue weighted by atomic mass is 16.7. The van der Waals surface area contributed by atoms with Crippen molar-refractivity contribution >= 4 is 17.9 Å². The molecular weight excluding hydrogens is 921 g/mol. The highest BCUT2D eigenvalue weighted by Crippen LogP contribution is 2.60. The number of unbranched alkanes of at least 4 members (excludes halogenated alkanes) is 16. The first-order valence-corrected chi connectivity index (χ1v) is 30.8. The Morgan fingerprint density at radius 2 is 0.904 bits per heavy atom. The van der Waals surface area contributed by atoms with Crippen LogP contribution in [0.2, 0.25) is 0 Å². The van der Waals surface area contributed by atoms with Gasteiger partial charge in [0.25, 0.3) is 0 Å². The van der Waals surface area contributed by atoms with Gasteiger partial charge in [0, 0.05) is 45.7 Å². The molecule has 0 aliphatic heterocycles. The van der Waals surface area contributed by atoms with Gasteiger partial charge < -0.3 is 43.8 Å². The van der Waals surface area contributed by atoms with Gasteiger partial charge in [0.1, 0.15) is 0 Å². The summed E-state index contributed by atoms with van der Waals surface area (Å²) in [7, 11) is 1.50. The Kier molecular flexibility index (Phi) is 43.9. The summed E-state index contributed by atoms with van der Waals surface area (Å²) in [6.45, 7) is 22.4. The molecule has 12 heteroatoms. The van der Waals surface area contributed by atoms with Crippen LogP contribution < -0.4 is 5.73 Å². The predicted molar refractivity (Wildman–Crippen MR) is 299 cm³/mol. The normalized spacial score (nSPS) is 19.6. The van der Waals surface area contributed by atoms with Crippen molar-refractivity contribution in [3.63, 3.8) is 0 Å². The van der Waals surface area contributed by atoms with E-state index in [-0.39, 0.29) is 54.2 Å². The molecular formula is C61H118N2O10. The molecule has 0 radical (unpaired) electrons. The Bertz CT molecular complexity index is 1270. The maximum absolute atomic E-state index is 13.4. The van der Waals surface area contributed by atoms with Crippen molar-refractivity contribution in [1.82, 2.24) is 4.90 Å². The zero-order chi connectivity index (χ0) is 53.7. The number of nitrogens with zero attached hydrogens (tertiary/aromatic N) is 1. The third kappa shape index (κ3) is 36.0. The van der Waals surface area contributed by atoms with Crippen molar-refractivity contribution in [3.8, 4) is 0 Å². The van der Waals surface area contributed by atoms with E-state index in [2.05, 4.69) is 59.1 Å². The van der Waals surface area contributed by atoms with Gasteiger partial charge >= 0.3 is 17.9 Å². The second-order valence-electron chi connectivity index (χ2n) is 22.2. The third-order valence-electron chi connectivity index (χ3n) is 15.5. The Balaban J connectivity index is 0.0000131. The van der Waals surface area contributed by atoms with Crippen molar-refractivity contribution in [1.29, 1.82) is 0 Å². The Morgan fingerprint density at radius 3 is 1.34 bits per heavy atom. The smallest absolute Gasteiger partial charge is 0.305 e. The maximum Gasteiger partial charge on any atom is 0.305 e. The van der Waals surface area contributed by atoms with E-state index < -0.39 is 0 Å². The number of fused-ring (bicyclic) bond motifs is 2. The Hall–Kier alpha value is -1.83. The van der Waals surface area contributed by atoms with E-state index in [0.717, 1.165) is 129 Å². The minimum absolute atomic E-state index is 0.00205. The molecule has 0 saturated heterocycles. The molecule has 0 aromatic heterocycles. The van der Waals surface area contributed by atoms with Gasteiger partial charge in [0.2, 0.25) is 0 Å². The quantitative estimate of drug-likeness (QED) is 0.0268. The average Bonchev–Trinajstić information content (AvgIpc) is 3.37. The van der Waals surface area contributed by atoms with Gasteiger partial charge in [-0.25, -0.2) is 0 Å². The molecule has 0 spiro atoms. The molecule has 4 atom stereocenters. The summed E-state index contributed by atoms with van der Waals surface area (Å²) in [6.07, 6.45) is 33.3. The molecule has 4 unspecified atom stereocenters. The van der Waals surface area contributed by atoms with E-state index in [1.54, 1.807) is 0 Å². The molecule has 2 aliphatic carbocycles. The highest BCUT2D eigenvalue weighted by molar-refractivity contribution is 5.70. The van der Waals surface area contributed by atoms with Crippen molar-refractivity contribution in [2.45, 2.75) is 279 Å². The number of hydrogen-bond acceptors (Lipinski definition) is 12. The number of esters is 3. The van der Waals surface area contributed by atoms with Crippen LogP contribution in [0, 0.1) is 22.7 Å². The molecule has 2 saturated carbocycles. The Morgan fingerprint density at radius 1 is 0.493 bits per heavy atom. The second kappa shape index (κ2) is 46.3. The number of hydrogen-bond donors (Lipinski definition) is 1. The van der Waals surface area contributed by atoms with Crippen LogP contribution >= 0.6 is 0 Å². The predicted octanol–water partition coefficient (Wildman–Crippen LogP) is 14.8. The number of ether oxygens (including phenoxy) is 7. The van der Waals surface area contributed by atoms with Gasteiger partial charge in [-0.15, -0.1) is 0 Å². The van der Waals surface area contributed by atoms with E-state index in [1.807, 2.05) is 0 Å². The molecule has 432 valence electrons. The third-order valence-corrected chi connectivity index (χ3v) is 15.5. The fraction of sp³-hybridized carbons (Fsp3) is 0.951. The van der Waals surface area contributed by atoms with E-state index in [1.165, 1.54) is 84.1 Å². The van der Waals surface area contributed by atoms with Crippen LogP contribution in [-0.2, 0) is 47.5 Å². The zero-order valence-corrected chi connectivity index (χ0v) is 49.0. The first kappa shape index (κ1) is 69.2. The molecule has 2 rings (SSSR count). The summed E-state index contributed by atoms with van der Waals surface area (Å²) in [6, 6.07) is 0. The molecule has 0 aromatic carbocycles. The lowest BCUT2D eigenvalue weighted by molar-refractivity contribution is -0.161. The zero-order valence-electron chi connectivity index (χ0n) is 49.0. The van der Waals surface area contributed by atoms with E-state index in [0.29, 0.717) is 77.3 Å². The summed E-state index contributed by atoms with van der Waals surface area (Å²) >= 11 is 0. The van der Waals surface area contributed by atoms with Crippen molar-refractivity contribution in [3.05, 3.63) is 0 Å². The molecule has 2 fully saturated rings. The monoisotopic (exact) mass is 1040 g/mol. The summed E-state index contributed by atoms with van der Waals surface area (Å²) in [5.74, 6) is 0.485. The van der Waals surface area contributed by atoms with E-state index in [4.69, 9.17) is 33.2 Å². The van der Waals surface area contributed by atoms with Gasteiger partial charge in [-0.3, -0.25) is 14.4 Å². The summed E-state index contributed by atoms with van der Waals surface area (Å²) < 4.78 is 42.6. The van der Waals surface area contributed by atoms with E-state index >= 15 is 0 Å². The van der Waals surface area contributed by atoms with Crippen molar-refractivity contribution in [2.75, 3.05) is 72.9 Å². The molecule has 0 aromatic rings. The molecule has 0 heterocycles. The fourth-order valence-corrected chi connectivity index (χ4v) is 11.5. The van der Waals surface area contributed by atoms with Gasteiger partial charge in [0.15, 0.2) is 12.6 Å². The number of carbonyl (C=O) groups is 3. The second-order valence-corrected chi connectivity index (χ2v) is 22.2. The van der Waals surface area contributed by atoms with Gasteiger partial charge in [-0.1, -0.05) is 151 Å². The van der Waals surface area contributed by atoms with Gasteiger partial charge in [0.05, 0.1) is 32.7 Å². The minimum Gasteiger partial charge on any atom is -0.466 e. The van der Waals surface area contributed by atoms with Crippen molar-refractivity contribution < 1.29 is 47.5 Å².